The molecule has 0 aliphatic carbocycles. The average Bonchev–Trinajstić information content (AvgIpc) is 2.97. The predicted octanol–water partition coefficient (Wildman–Crippen LogP) is 2.17. The Hall–Kier alpha value is -1.79. The average molecular weight is 382 g/mol. The van der Waals surface area contributed by atoms with E-state index in [2.05, 4.69) is 15.9 Å². The van der Waals surface area contributed by atoms with Crippen molar-refractivity contribution < 1.29 is 14.3 Å². The van der Waals surface area contributed by atoms with Gasteiger partial charge in [0, 0.05) is 45.6 Å². The lowest BCUT2D eigenvalue weighted by molar-refractivity contribution is -0.138. The number of rotatable bonds is 7. The number of unbranched alkanes of at least 4 members (excludes halogenated alkanes) is 1. The molecule has 2 aliphatic heterocycles. The van der Waals surface area contributed by atoms with Gasteiger partial charge in [0.05, 0.1) is 12.8 Å². The molecule has 2 saturated heterocycles. The molecule has 2 fully saturated rings. The van der Waals surface area contributed by atoms with Crippen LogP contribution in [0, 0.1) is 0 Å². The van der Waals surface area contributed by atoms with Gasteiger partial charge in [-0.2, -0.15) is 0 Å². The standard InChI is InChI=1S/C19H27N3O3.ClH/c1-25-17-7-3-2-6-16(17)21-14-12-20(13-15-21)10-4-5-11-22-18(23)8-9-19(22)24;/h2-3,6-7H,4-5,8-15H2,1H3;1H. The van der Waals surface area contributed by atoms with Crippen molar-refractivity contribution in [3.63, 3.8) is 0 Å². The minimum absolute atomic E-state index is 0. The van der Waals surface area contributed by atoms with Crippen LogP contribution in [0.15, 0.2) is 24.3 Å². The number of carbonyl (C=O) groups is 2. The SMILES string of the molecule is COc1ccccc1N1CCN(CCCCN2C(=O)CCC2=O)CC1.Cl. The van der Waals surface area contributed by atoms with Crippen molar-refractivity contribution in [3.8, 4) is 5.75 Å². The zero-order chi connectivity index (χ0) is 17.6. The normalized spacial score (nSPS) is 18.2. The van der Waals surface area contributed by atoms with E-state index >= 15 is 0 Å². The molecule has 0 N–H and O–H groups in total. The molecule has 0 spiro atoms. The number of carbonyl (C=O) groups excluding carboxylic acids is 2. The van der Waals surface area contributed by atoms with Crippen LogP contribution < -0.4 is 9.64 Å². The van der Waals surface area contributed by atoms with Gasteiger partial charge in [-0.05, 0) is 31.5 Å². The molecule has 26 heavy (non-hydrogen) atoms. The number of para-hydroxylation sites is 2. The summed E-state index contributed by atoms with van der Waals surface area (Å²) >= 11 is 0. The third kappa shape index (κ3) is 4.89. The number of halogens is 1. The highest BCUT2D eigenvalue weighted by atomic mass is 35.5. The molecule has 0 unspecified atom stereocenters. The van der Waals surface area contributed by atoms with E-state index in [0.29, 0.717) is 19.4 Å². The summed E-state index contributed by atoms with van der Waals surface area (Å²) in [6, 6.07) is 8.15. The Morgan fingerprint density at radius 3 is 2.19 bits per heavy atom. The van der Waals surface area contributed by atoms with Crippen LogP contribution in [0.1, 0.15) is 25.7 Å². The zero-order valence-electron chi connectivity index (χ0n) is 15.4. The second kappa shape index (κ2) is 9.78. The van der Waals surface area contributed by atoms with E-state index in [1.165, 1.54) is 4.90 Å². The van der Waals surface area contributed by atoms with Crippen molar-refractivity contribution in [3.05, 3.63) is 24.3 Å². The number of hydrogen-bond acceptors (Lipinski definition) is 5. The van der Waals surface area contributed by atoms with Crippen molar-refractivity contribution in [2.75, 3.05) is 51.3 Å². The number of benzene rings is 1. The van der Waals surface area contributed by atoms with Crippen LogP contribution in [0.5, 0.6) is 5.75 Å². The number of methoxy groups -OCH3 is 1. The van der Waals surface area contributed by atoms with Crippen molar-refractivity contribution in [2.45, 2.75) is 25.7 Å². The summed E-state index contributed by atoms with van der Waals surface area (Å²) < 4.78 is 5.46. The summed E-state index contributed by atoms with van der Waals surface area (Å²) in [6.07, 6.45) is 2.70. The summed E-state index contributed by atoms with van der Waals surface area (Å²) in [5, 5.41) is 0. The molecule has 1 aromatic carbocycles. The van der Waals surface area contributed by atoms with Crippen LogP contribution in [0.2, 0.25) is 0 Å². The largest absolute Gasteiger partial charge is 0.495 e. The van der Waals surface area contributed by atoms with E-state index in [4.69, 9.17) is 4.74 Å². The number of imide groups is 1. The van der Waals surface area contributed by atoms with Gasteiger partial charge in [-0.1, -0.05) is 12.1 Å². The topological polar surface area (TPSA) is 53.1 Å². The van der Waals surface area contributed by atoms with Crippen molar-refractivity contribution in [2.24, 2.45) is 0 Å². The van der Waals surface area contributed by atoms with Gasteiger partial charge in [0.1, 0.15) is 5.75 Å². The van der Waals surface area contributed by atoms with E-state index in [0.717, 1.165) is 57.0 Å². The molecule has 0 radical (unpaired) electrons. The highest BCUT2D eigenvalue weighted by molar-refractivity contribution is 6.01. The van der Waals surface area contributed by atoms with E-state index in [1.54, 1.807) is 7.11 Å². The fourth-order valence-electron chi connectivity index (χ4n) is 3.58. The Morgan fingerprint density at radius 1 is 0.923 bits per heavy atom. The van der Waals surface area contributed by atoms with Gasteiger partial charge in [-0.15, -0.1) is 12.4 Å². The molecular formula is C19H28ClN3O3. The van der Waals surface area contributed by atoms with Crippen molar-refractivity contribution in [1.29, 1.82) is 0 Å². The number of anilines is 1. The first-order valence-corrected chi connectivity index (χ1v) is 9.12. The molecule has 7 heteroatoms. The number of ether oxygens (including phenoxy) is 1. The van der Waals surface area contributed by atoms with Crippen LogP contribution in [0.3, 0.4) is 0 Å². The fraction of sp³-hybridized carbons (Fsp3) is 0.579. The van der Waals surface area contributed by atoms with Crippen LogP contribution in [-0.4, -0.2) is 68.0 Å². The van der Waals surface area contributed by atoms with Crippen molar-refractivity contribution in [1.82, 2.24) is 9.80 Å². The Labute approximate surface area is 161 Å². The summed E-state index contributed by atoms with van der Waals surface area (Å²) in [5.74, 6) is 0.918. The van der Waals surface area contributed by atoms with Gasteiger partial charge in [0.25, 0.3) is 0 Å². The van der Waals surface area contributed by atoms with Crippen LogP contribution in [0.4, 0.5) is 5.69 Å². The van der Waals surface area contributed by atoms with Gasteiger partial charge >= 0.3 is 0 Å². The molecule has 0 aromatic heterocycles. The molecule has 1 aromatic rings. The van der Waals surface area contributed by atoms with Gasteiger partial charge in [-0.25, -0.2) is 0 Å². The molecule has 2 amide bonds. The van der Waals surface area contributed by atoms with Gasteiger partial charge in [0.15, 0.2) is 0 Å². The van der Waals surface area contributed by atoms with Crippen molar-refractivity contribution >= 4 is 29.9 Å². The molecule has 144 valence electrons. The van der Waals surface area contributed by atoms with Gasteiger partial charge in [-0.3, -0.25) is 19.4 Å². The number of amides is 2. The van der Waals surface area contributed by atoms with Gasteiger partial charge in [0.2, 0.25) is 11.8 Å². The molecule has 0 atom stereocenters. The highest BCUT2D eigenvalue weighted by Crippen LogP contribution is 2.28. The summed E-state index contributed by atoms with van der Waals surface area (Å²) in [5.41, 5.74) is 1.16. The summed E-state index contributed by atoms with van der Waals surface area (Å²) in [7, 11) is 1.71. The van der Waals surface area contributed by atoms with Gasteiger partial charge < -0.3 is 9.64 Å². The fourth-order valence-corrected chi connectivity index (χ4v) is 3.58. The lowest BCUT2D eigenvalue weighted by Gasteiger charge is -2.36. The Balaban J connectivity index is 0.00000243. The van der Waals surface area contributed by atoms with Crippen LogP contribution in [-0.2, 0) is 9.59 Å². The first kappa shape index (κ1) is 20.5. The van der Waals surface area contributed by atoms with E-state index in [9.17, 15) is 9.59 Å². The number of nitrogens with zero attached hydrogens (tertiary/aromatic N) is 3. The lowest BCUT2D eigenvalue weighted by Crippen LogP contribution is -2.46. The molecule has 6 nitrogen and oxygen atoms in total. The lowest BCUT2D eigenvalue weighted by atomic mass is 10.2. The maximum Gasteiger partial charge on any atom is 0.229 e. The molecule has 3 rings (SSSR count). The predicted molar refractivity (Wildman–Crippen MR) is 104 cm³/mol. The first-order valence-electron chi connectivity index (χ1n) is 9.12. The Kier molecular flexibility index (Phi) is 7.72. The molecule has 0 bridgehead atoms. The summed E-state index contributed by atoms with van der Waals surface area (Å²) in [4.78, 5) is 29.4. The number of likely N-dealkylation sites (tertiary alicyclic amines) is 1. The number of hydrogen-bond donors (Lipinski definition) is 0. The minimum atomic E-state index is -0.00424. The monoisotopic (exact) mass is 381 g/mol. The van der Waals surface area contributed by atoms with E-state index in [1.807, 2.05) is 18.2 Å². The summed E-state index contributed by atoms with van der Waals surface area (Å²) in [6.45, 7) is 5.64. The second-order valence-corrected chi connectivity index (χ2v) is 6.65. The van der Waals surface area contributed by atoms with Crippen LogP contribution >= 0.6 is 12.4 Å². The van der Waals surface area contributed by atoms with E-state index < -0.39 is 0 Å². The maximum atomic E-state index is 11.6. The second-order valence-electron chi connectivity index (χ2n) is 6.65. The maximum absolute atomic E-state index is 11.6. The van der Waals surface area contributed by atoms with Crippen LogP contribution in [0.25, 0.3) is 0 Å². The smallest absolute Gasteiger partial charge is 0.229 e. The van der Waals surface area contributed by atoms with E-state index in [-0.39, 0.29) is 24.2 Å². The highest BCUT2D eigenvalue weighted by Gasteiger charge is 2.28. The molecular weight excluding hydrogens is 354 g/mol. The first-order chi connectivity index (χ1) is 12.2. The molecule has 2 aliphatic rings. The quantitative estimate of drug-likeness (QED) is 0.535. The third-order valence-corrected chi connectivity index (χ3v) is 5.06. The molecule has 2 heterocycles. The zero-order valence-corrected chi connectivity index (χ0v) is 16.2. The number of piperazine rings is 1. The Bertz CT molecular complexity index is 602. The third-order valence-electron chi connectivity index (χ3n) is 5.06. The Morgan fingerprint density at radius 2 is 1.54 bits per heavy atom. The molecule has 0 saturated carbocycles. The minimum Gasteiger partial charge on any atom is -0.495 e.